The molecule has 0 saturated carbocycles. The normalized spacial score (nSPS) is 20.0. The van der Waals surface area contributed by atoms with E-state index < -0.39 is 35.0 Å². The average molecular weight is 485 g/mol. The molecule has 2 aromatic rings. The molecule has 3 rings (SSSR count). The minimum absolute atomic E-state index is 0.0834. The molecular formula is C21H19ClF6O2S. The maximum Gasteiger partial charge on any atom is 0.428 e. The molecule has 0 amide bonds. The van der Waals surface area contributed by atoms with Crippen LogP contribution in [0.2, 0.25) is 5.02 Å². The smallest absolute Gasteiger partial charge is 0.428 e. The third-order valence-corrected chi connectivity index (χ3v) is 6.96. The number of alkyl halides is 5. The van der Waals surface area contributed by atoms with Gasteiger partial charge in [-0.2, -0.15) is 33.7 Å². The van der Waals surface area contributed by atoms with E-state index in [1.807, 2.05) is 0 Å². The molecule has 0 radical (unpaired) electrons. The second-order valence-corrected chi connectivity index (χ2v) is 8.92. The average Bonchev–Trinajstić information content (AvgIpc) is 2.67. The quantitative estimate of drug-likeness (QED) is 0.440. The molecule has 1 aliphatic heterocycles. The minimum atomic E-state index is -4.94. The first-order valence-electron chi connectivity index (χ1n) is 9.47. The lowest BCUT2D eigenvalue weighted by atomic mass is 9.97. The second-order valence-electron chi connectivity index (χ2n) is 7.28. The Morgan fingerprint density at radius 2 is 1.74 bits per heavy atom. The molecule has 0 aliphatic carbocycles. The van der Waals surface area contributed by atoms with Gasteiger partial charge in [0.15, 0.2) is 0 Å². The highest BCUT2D eigenvalue weighted by Crippen LogP contribution is 2.44. The van der Waals surface area contributed by atoms with Crippen LogP contribution in [0.25, 0.3) is 0 Å². The molecular weight excluding hydrogens is 466 g/mol. The number of aliphatic hydroxyl groups excluding tert-OH is 1. The number of halogens is 7. The number of rotatable bonds is 6. The standard InChI is InChI=1S/C21H19ClF6O2S/c22-17-9-13(19-6-1-12(7-8-29)11-31-19)2-4-15(17)21(27,28)30-14-3-5-16(18(23)10-14)20(24,25)26/h2-5,9-10,12,19,29H,1,6-8,11H2. The van der Waals surface area contributed by atoms with Gasteiger partial charge in [0.2, 0.25) is 0 Å². The molecule has 1 heterocycles. The highest BCUT2D eigenvalue weighted by Gasteiger charge is 2.39. The van der Waals surface area contributed by atoms with Gasteiger partial charge in [-0.1, -0.05) is 17.7 Å². The van der Waals surface area contributed by atoms with Crippen molar-refractivity contribution in [2.75, 3.05) is 12.4 Å². The molecule has 0 bridgehead atoms. The van der Waals surface area contributed by atoms with Gasteiger partial charge in [-0.15, -0.1) is 0 Å². The molecule has 0 spiro atoms. The van der Waals surface area contributed by atoms with Gasteiger partial charge in [-0.3, -0.25) is 0 Å². The van der Waals surface area contributed by atoms with Gasteiger partial charge < -0.3 is 9.84 Å². The van der Waals surface area contributed by atoms with Crippen molar-refractivity contribution in [3.8, 4) is 5.75 Å². The number of ether oxygens (including phenoxy) is 1. The zero-order chi connectivity index (χ0) is 22.8. The minimum Gasteiger partial charge on any atom is -0.429 e. The molecule has 1 aliphatic rings. The van der Waals surface area contributed by atoms with Crippen molar-refractivity contribution in [1.82, 2.24) is 0 Å². The van der Waals surface area contributed by atoms with Crippen LogP contribution in [0.4, 0.5) is 26.3 Å². The van der Waals surface area contributed by atoms with Crippen molar-refractivity contribution in [2.45, 2.75) is 36.8 Å². The molecule has 10 heteroatoms. The zero-order valence-electron chi connectivity index (χ0n) is 16.1. The summed E-state index contributed by atoms with van der Waals surface area (Å²) in [7, 11) is 0. The fourth-order valence-electron chi connectivity index (χ4n) is 3.44. The van der Waals surface area contributed by atoms with Crippen LogP contribution in [-0.4, -0.2) is 17.5 Å². The third-order valence-electron chi connectivity index (χ3n) is 5.08. The number of benzene rings is 2. The van der Waals surface area contributed by atoms with Crippen molar-refractivity contribution < 1.29 is 36.2 Å². The first kappa shape index (κ1) is 24.1. The Bertz CT molecular complexity index is 913. The Labute approximate surface area is 184 Å². The summed E-state index contributed by atoms with van der Waals surface area (Å²) in [5.74, 6) is -1.20. The van der Waals surface area contributed by atoms with Crippen LogP contribution < -0.4 is 4.74 Å². The van der Waals surface area contributed by atoms with E-state index in [1.165, 1.54) is 12.1 Å². The van der Waals surface area contributed by atoms with E-state index in [-0.39, 0.29) is 22.9 Å². The number of aliphatic hydroxyl groups is 1. The molecule has 2 atom stereocenters. The van der Waals surface area contributed by atoms with E-state index in [1.54, 1.807) is 11.8 Å². The molecule has 2 nitrogen and oxygen atoms in total. The van der Waals surface area contributed by atoms with Crippen LogP contribution in [-0.2, 0) is 12.3 Å². The highest BCUT2D eigenvalue weighted by molar-refractivity contribution is 7.99. The zero-order valence-corrected chi connectivity index (χ0v) is 17.6. The van der Waals surface area contributed by atoms with Gasteiger partial charge in [0.05, 0.1) is 16.1 Å². The van der Waals surface area contributed by atoms with Crippen LogP contribution in [0, 0.1) is 11.7 Å². The predicted molar refractivity (Wildman–Crippen MR) is 107 cm³/mol. The number of hydrogen-bond donors (Lipinski definition) is 1. The SMILES string of the molecule is OCCC1CCC(c2ccc(C(F)(F)Oc3ccc(C(F)(F)F)c(F)c3)c(Cl)c2)SC1. The second kappa shape index (κ2) is 9.50. The Hall–Kier alpha value is -1.58. The predicted octanol–water partition coefficient (Wildman–Crippen LogP) is 7.19. The fraction of sp³-hybridized carbons (Fsp3) is 0.429. The van der Waals surface area contributed by atoms with Crippen molar-refractivity contribution >= 4 is 23.4 Å². The topological polar surface area (TPSA) is 29.5 Å². The van der Waals surface area contributed by atoms with Crippen LogP contribution >= 0.6 is 23.4 Å². The maximum atomic E-state index is 14.6. The summed E-state index contributed by atoms with van der Waals surface area (Å²) in [6, 6.07) is 5.28. The Balaban J connectivity index is 1.74. The molecule has 0 aromatic heterocycles. The van der Waals surface area contributed by atoms with Crippen LogP contribution in [0.1, 0.15) is 41.2 Å². The summed E-state index contributed by atoms with van der Waals surface area (Å²) in [5, 5.41) is 8.86. The molecule has 1 N–H and O–H groups in total. The fourth-order valence-corrected chi connectivity index (χ4v) is 5.22. The summed E-state index contributed by atoms with van der Waals surface area (Å²) in [6.07, 6.45) is -6.46. The van der Waals surface area contributed by atoms with Gasteiger partial charge in [0.25, 0.3) is 0 Å². The van der Waals surface area contributed by atoms with E-state index in [2.05, 4.69) is 4.74 Å². The summed E-state index contributed by atoms with van der Waals surface area (Å²) in [5.41, 5.74) is -1.47. The molecule has 170 valence electrons. The van der Waals surface area contributed by atoms with Crippen LogP contribution in [0.5, 0.6) is 5.75 Å². The van der Waals surface area contributed by atoms with Crippen LogP contribution in [0.3, 0.4) is 0 Å². The molecule has 1 saturated heterocycles. The summed E-state index contributed by atoms with van der Waals surface area (Å²) in [6.45, 7) is 0.133. The largest absolute Gasteiger partial charge is 0.429 e. The number of thioether (sulfide) groups is 1. The van der Waals surface area contributed by atoms with Crippen molar-refractivity contribution in [1.29, 1.82) is 0 Å². The summed E-state index contributed by atoms with van der Waals surface area (Å²) in [4.78, 5) is 0. The van der Waals surface area contributed by atoms with E-state index in [0.29, 0.717) is 18.1 Å². The van der Waals surface area contributed by atoms with Gasteiger partial charge >= 0.3 is 12.3 Å². The Morgan fingerprint density at radius 1 is 1.03 bits per heavy atom. The number of hydrogen-bond acceptors (Lipinski definition) is 3. The van der Waals surface area contributed by atoms with E-state index in [0.717, 1.165) is 36.6 Å². The van der Waals surface area contributed by atoms with Crippen molar-refractivity contribution in [3.63, 3.8) is 0 Å². The maximum absolute atomic E-state index is 14.6. The molecule has 31 heavy (non-hydrogen) atoms. The van der Waals surface area contributed by atoms with E-state index in [4.69, 9.17) is 16.7 Å². The summed E-state index contributed by atoms with van der Waals surface area (Å²) >= 11 is 7.74. The Kier molecular flexibility index (Phi) is 7.38. The highest BCUT2D eigenvalue weighted by atomic mass is 35.5. The van der Waals surface area contributed by atoms with Gasteiger partial charge in [-0.05, 0) is 60.8 Å². The van der Waals surface area contributed by atoms with E-state index in [9.17, 15) is 26.3 Å². The molecule has 2 unspecified atom stereocenters. The monoisotopic (exact) mass is 484 g/mol. The lowest BCUT2D eigenvalue weighted by molar-refractivity contribution is -0.185. The third kappa shape index (κ3) is 5.81. The van der Waals surface area contributed by atoms with Crippen molar-refractivity contribution in [3.05, 3.63) is 63.9 Å². The lowest BCUT2D eigenvalue weighted by Crippen LogP contribution is -2.23. The van der Waals surface area contributed by atoms with Gasteiger partial charge in [0.1, 0.15) is 11.6 Å². The van der Waals surface area contributed by atoms with Gasteiger partial charge in [-0.25, -0.2) is 4.39 Å². The summed E-state index contributed by atoms with van der Waals surface area (Å²) < 4.78 is 85.2. The first-order chi connectivity index (χ1) is 14.5. The first-order valence-corrected chi connectivity index (χ1v) is 10.9. The Morgan fingerprint density at radius 3 is 2.29 bits per heavy atom. The molecule has 2 aromatic carbocycles. The van der Waals surface area contributed by atoms with Crippen molar-refractivity contribution in [2.24, 2.45) is 5.92 Å². The van der Waals surface area contributed by atoms with Crippen LogP contribution in [0.15, 0.2) is 36.4 Å². The van der Waals surface area contributed by atoms with E-state index >= 15 is 0 Å². The lowest BCUT2D eigenvalue weighted by Gasteiger charge is -2.28. The molecule has 1 fully saturated rings. The van der Waals surface area contributed by atoms with Gasteiger partial charge in [0, 0.05) is 17.9 Å².